The van der Waals surface area contributed by atoms with Crippen molar-refractivity contribution < 1.29 is 4.74 Å². The maximum Gasteiger partial charge on any atom is 0.123 e. The second kappa shape index (κ2) is 6.26. The Labute approximate surface area is 121 Å². The molecule has 0 fully saturated rings. The molecular weight excluding hydrogens is 304 g/mol. The van der Waals surface area contributed by atoms with Crippen LogP contribution in [0, 0.1) is 11.3 Å². The van der Waals surface area contributed by atoms with Gasteiger partial charge in [0.15, 0.2) is 0 Å². The van der Waals surface area contributed by atoms with Crippen LogP contribution in [0.15, 0.2) is 46.9 Å². The summed E-state index contributed by atoms with van der Waals surface area (Å²) in [5.41, 5.74) is 2.48. The molecule has 0 aromatic heterocycles. The number of benzene rings is 2. The van der Waals surface area contributed by atoms with E-state index >= 15 is 0 Å². The van der Waals surface area contributed by atoms with Crippen LogP contribution in [0.3, 0.4) is 0 Å². The lowest BCUT2D eigenvalue weighted by Gasteiger charge is -2.11. The van der Waals surface area contributed by atoms with Crippen LogP contribution in [0.2, 0.25) is 0 Å². The molecule has 0 aliphatic heterocycles. The first-order valence-electron chi connectivity index (χ1n) is 5.80. The number of nitrogens with one attached hydrogen (secondary N) is 1. The first kappa shape index (κ1) is 13.4. The molecule has 0 saturated carbocycles. The maximum atomic E-state index is 9.11. The smallest absolute Gasteiger partial charge is 0.123 e. The van der Waals surface area contributed by atoms with E-state index in [9.17, 15) is 0 Å². The van der Waals surface area contributed by atoms with Crippen LogP contribution in [-0.2, 0) is 6.54 Å². The van der Waals surface area contributed by atoms with Gasteiger partial charge in [-0.1, -0.05) is 34.1 Å². The molecule has 0 spiro atoms. The van der Waals surface area contributed by atoms with Gasteiger partial charge >= 0.3 is 0 Å². The summed E-state index contributed by atoms with van der Waals surface area (Å²) in [6.07, 6.45) is 0. The Morgan fingerprint density at radius 3 is 2.79 bits per heavy atom. The van der Waals surface area contributed by atoms with Crippen molar-refractivity contribution in [3.05, 3.63) is 58.1 Å². The molecule has 19 heavy (non-hydrogen) atoms. The fourth-order valence-corrected chi connectivity index (χ4v) is 2.16. The average Bonchev–Trinajstić information content (AvgIpc) is 2.46. The number of anilines is 1. The molecule has 0 unspecified atom stereocenters. The number of hydrogen-bond acceptors (Lipinski definition) is 3. The van der Waals surface area contributed by atoms with Gasteiger partial charge in [0.2, 0.25) is 0 Å². The zero-order valence-corrected chi connectivity index (χ0v) is 12.1. The SMILES string of the molecule is COc1ccccc1CNc1ccc(Br)cc1C#N. The number of methoxy groups -OCH3 is 1. The van der Waals surface area contributed by atoms with Gasteiger partial charge in [0.25, 0.3) is 0 Å². The van der Waals surface area contributed by atoms with Gasteiger partial charge in [-0.3, -0.25) is 0 Å². The highest BCUT2D eigenvalue weighted by Gasteiger charge is 2.05. The van der Waals surface area contributed by atoms with Crippen LogP contribution in [0.1, 0.15) is 11.1 Å². The summed E-state index contributed by atoms with van der Waals surface area (Å²) in [7, 11) is 1.65. The molecule has 2 aromatic carbocycles. The van der Waals surface area contributed by atoms with E-state index in [0.717, 1.165) is 21.5 Å². The number of hydrogen-bond donors (Lipinski definition) is 1. The van der Waals surface area contributed by atoms with Crippen LogP contribution in [-0.4, -0.2) is 7.11 Å². The third kappa shape index (κ3) is 3.27. The fourth-order valence-electron chi connectivity index (χ4n) is 1.80. The van der Waals surface area contributed by atoms with E-state index in [2.05, 4.69) is 27.3 Å². The highest BCUT2D eigenvalue weighted by molar-refractivity contribution is 9.10. The second-order valence-corrected chi connectivity index (χ2v) is 4.88. The van der Waals surface area contributed by atoms with Crippen LogP contribution >= 0.6 is 15.9 Å². The van der Waals surface area contributed by atoms with Crippen molar-refractivity contribution >= 4 is 21.6 Å². The van der Waals surface area contributed by atoms with Crippen molar-refractivity contribution in [1.82, 2.24) is 0 Å². The molecule has 0 radical (unpaired) electrons. The van der Waals surface area contributed by atoms with E-state index in [1.54, 1.807) is 13.2 Å². The largest absolute Gasteiger partial charge is 0.496 e. The Bertz CT molecular complexity index is 620. The summed E-state index contributed by atoms with van der Waals surface area (Å²) in [5, 5.41) is 12.4. The van der Waals surface area contributed by atoms with Gasteiger partial charge < -0.3 is 10.1 Å². The number of halogens is 1. The zero-order chi connectivity index (χ0) is 13.7. The molecule has 2 rings (SSSR count). The van der Waals surface area contributed by atoms with Gasteiger partial charge in [-0.2, -0.15) is 5.26 Å². The normalized spacial score (nSPS) is 9.74. The molecule has 96 valence electrons. The van der Waals surface area contributed by atoms with Gasteiger partial charge in [-0.15, -0.1) is 0 Å². The van der Waals surface area contributed by atoms with E-state index in [-0.39, 0.29) is 0 Å². The fraction of sp³-hybridized carbons (Fsp3) is 0.133. The van der Waals surface area contributed by atoms with E-state index in [1.165, 1.54) is 0 Å². The summed E-state index contributed by atoms with van der Waals surface area (Å²) < 4.78 is 6.19. The molecule has 0 amide bonds. The van der Waals surface area contributed by atoms with Crippen molar-refractivity contribution in [2.24, 2.45) is 0 Å². The predicted molar refractivity (Wildman–Crippen MR) is 79.2 cm³/mol. The lowest BCUT2D eigenvalue weighted by molar-refractivity contribution is 0.410. The molecule has 0 bridgehead atoms. The van der Waals surface area contributed by atoms with Crippen molar-refractivity contribution in [1.29, 1.82) is 5.26 Å². The maximum absolute atomic E-state index is 9.11. The van der Waals surface area contributed by atoms with Crippen LogP contribution in [0.5, 0.6) is 5.75 Å². The van der Waals surface area contributed by atoms with Gasteiger partial charge in [0.1, 0.15) is 11.8 Å². The van der Waals surface area contributed by atoms with Crippen molar-refractivity contribution in [2.45, 2.75) is 6.54 Å². The minimum atomic E-state index is 0.611. The minimum absolute atomic E-state index is 0.611. The lowest BCUT2D eigenvalue weighted by Crippen LogP contribution is -2.03. The third-order valence-electron chi connectivity index (χ3n) is 2.76. The highest BCUT2D eigenvalue weighted by atomic mass is 79.9. The van der Waals surface area contributed by atoms with Gasteiger partial charge in [-0.05, 0) is 24.3 Å². The topological polar surface area (TPSA) is 45.0 Å². The summed E-state index contributed by atoms with van der Waals surface area (Å²) >= 11 is 3.36. The van der Waals surface area contributed by atoms with Crippen molar-refractivity contribution in [3.63, 3.8) is 0 Å². The van der Waals surface area contributed by atoms with E-state index in [4.69, 9.17) is 10.00 Å². The first-order chi connectivity index (χ1) is 9.24. The Morgan fingerprint density at radius 2 is 2.05 bits per heavy atom. The number of nitrogens with zero attached hydrogens (tertiary/aromatic N) is 1. The monoisotopic (exact) mass is 316 g/mol. The lowest BCUT2D eigenvalue weighted by atomic mass is 10.1. The Kier molecular flexibility index (Phi) is 4.43. The van der Waals surface area contributed by atoms with Crippen LogP contribution in [0.4, 0.5) is 5.69 Å². The predicted octanol–water partition coefficient (Wildman–Crippen LogP) is 3.94. The average molecular weight is 317 g/mol. The summed E-state index contributed by atoms with van der Waals surface area (Å²) in [4.78, 5) is 0. The number of ether oxygens (including phenoxy) is 1. The Balaban J connectivity index is 2.17. The Morgan fingerprint density at radius 1 is 1.26 bits per heavy atom. The van der Waals surface area contributed by atoms with Gasteiger partial charge in [0, 0.05) is 16.6 Å². The van der Waals surface area contributed by atoms with E-state index < -0.39 is 0 Å². The summed E-state index contributed by atoms with van der Waals surface area (Å²) in [5.74, 6) is 0.839. The first-order valence-corrected chi connectivity index (χ1v) is 6.59. The molecule has 0 aliphatic carbocycles. The molecule has 2 aromatic rings. The number of nitriles is 1. The van der Waals surface area contributed by atoms with Crippen LogP contribution in [0.25, 0.3) is 0 Å². The molecule has 0 saturated heterocycles. The molecule has 4 heteroatoms. The standard InChI is InChI=1S/C15H13BrN2O/c1-19-15-5-3-2-4-11(15)10-18-14-7-6-13(16)8-12(14)9-17/h2-8,18H,10H2,1H3. The van der Waals surface area contributed by atoms with Crippen molar-refractivity contribution in [2.75, 3.05) is 12.4 Å². The third-order valence-corrected chi connectivity index (χ3v) is 3.26. The summed E-state index contributed by atoms with van der Waals surface area (Å²) in [6, 6.07) is 15.6. The second-order valence-electron chi connectivity index (χ2n) is 3.97. The van der Waals surface area contributed by atoms with Gasteiger partial charge in [0.05, 0.1) is 18.4 Å². The molecule has 1 N–H and O–H groups in total. The Hall–Kier alpha value is -1.99. The number of rotatable bonds is 4. The zero-order valence-electron chi connectivity index (χ0n) is 10.5. The van der Waals surface area contributed by atoms with Crippen LogP contribution < -0.4 is 10.1 Å². The molecule has 0 heterocycles. The molecule has 0 aliphatic rings. The highest BCUT2D eigenvalue weighted by Crippen LogP contribution is 2.23. The van der Waals surface area contributed by atoms with E-state index in [1.807, 2.05) is 36.4 Å². The van der Waals surface area contributed by atoms with Gasteiger partial charge in [-0.25, -0.2) is 0 Å². The quantitative estimate of drug-likeness (QED) is 0.929. The van der Waals surface area contributed by atoms with Crippen molar-refractivity contribution in [3.8, 4) is 11.8 Å². The molecular formula is C15H13BrN2O. The molecule has 0 atom stereocenters. The summed E-state index contributed by atoms with van der Waals surface area (Å²) in [6.45, 7) is 0.611. The molecule has 3 nitrogen and oxygen atoms in total. The van der Waals surface area contributed by atoms with E-state index in [0.29, 0.717) is 12.1 Å². The number of para-hydroxylation sites is 1. The minimum Gasteiger partial charge on any atom is -0.496 e.